The number of esters is 1. The normalized spacial score (nSPS) is 11.1. The van der Waals surface area contributed by atoms with Crippen LogP contribution in [0.1, 0.15) is 38.3 Å². The fourth-order valence-corrected chi connectivity index (χ4v) is 1.86. The van der Waals surface area contributed by atoms with E-state index in [2.05, 4.69) is 31.7 Å². The molecule has 0 aromatic carbocycles. The minimum Gasteiger partial charge on any atom is -0.466 e. The number of hydrogen-bond donors (Lipinski definition) is 1. The second-order valence-electron chi connectivity index (χ2n) is 4.95. The molecule has 0 aromatic heterocycles. The summed E-state index contributed by atoms with van der Waals surface area (Å²) < 4.78 is 4.76. The van der Waals surface area contributed by atoms with E-state index in [0.29, 0.717) is 12.9 Å². The van der Waals surface area contributed by atoms with Crippen LogP contribution in [0.5, 0.6) is 0 Å². The summed E-state index contributed by atoms with van der Waals surface area (Å²) in [6.45, 7) is 10.6. The number of rotatable bonds is 4. The van der Waals surface area contributed by atoms with E-state index in [9.17, 15) is 4.79 Å². The third kappa shape index (κ3) is 6.08. The summed E-state index contributed by atoms with van der Waals surface area (Å²) in [6, 6.07) is 4.45. The Morgan fingerprint density at radius 3 is 1.95 bits per heavy atom. The lowest BCUT2D eigenvalue weighted by Crippen LogP contribution is -2.13. The van der Waals surface area contributed by atoms with Gasteiger partial charge in [-0.15, -0.1) is 0 Å². The number of hydrogen-bond acceptors (Lipinski definition) is 4. The molecule has 2 aliphatic rings. The average Bonchev–Trinajstić information content (AvgIpc) is 2.46. The fraction of sp³-hybridized carbons (Fsp3) is 0.529. The maximum absolute atomic E-state index is 10.8. The third-order valence-electron chi connectivity index (χ3n) is 3.22. The molecule has 4 nitrogen and oxygen atoms in total. The quantitative estimate of drug-likeness (QED) is 0.695. The van der Waals surface area contributed by atoms with Gasteiger partial charge in [-0.2, -0.15) is 0 Å². The number of ether oxygens (including phenoxy) is 1. The van der Waals surface area contributed by atoms with E-state index in [-0.39, 0.29) is 18.4 Å². The lowest BCUT2D eigenvalue weighted by atomic mass is 9.82. The monoisotopic (exact) mass is 293 g/mol. The fourth-order valence-electron chi connectivity index (χ4n) is 1.86. The van der Waals surface area contributed by atoms with E-state index in [1.807, 2.05) is 20.8 Å². The van der Waals surface area contributed by atoms with Gasteiger partial charge < -0.3 is 15.3 Å². The molecule has 0 spiro atoms. The minimum atomic E-state index is -0.0833. The first-order valence-corrected chi connectivity index (χ1v) is 7.34. The van der Waals surface area contributed by atoms with Crippen molar-refractivity contribution < 1.29 is 14.3 Å². The first kappa shape index (κ1) is 19.3. The number of fused-ring (bicyclic) bond motifs is 1. The minimum absolute atomic E-state index is 0.0601. The Kier molecular flexibility index (Phi) is 9.30. The zero-order valence-corrected chi connectivity index (χ0v) is 13.7. The smallest absolute Gasteiger partial charge is 0.308 e. The van der Waals surface area contributed by atoms with Crippen molar-refractivity contribution in [3.8, 4) is 11.1 Å². The van der Waals surface area contributed by atoms with Crippen LogP contribution in [0.15, 0.2) is 12.1 Å². The number of benzene rings is 1. The Hall–Kier alpha value is -1.68. The number of aryl methyl sites for hydroxylation is 2. The van der Waals surface area contributed by atoms with Crippen LogP contribution in [0.4, 0.5) is 0 Å². The molecule has 2 aliphatic carbocycles. The molecule has 0 bridgehead atoms. The summed E-state index contributed by atoms with van der Waals surface area (Å²) >= 11 is 0. The van der Waals surface area contributed by atoms with Gasteiger partial charge in [0.25, 0.3) is 0 Å². The molecule has 0 saturated carbocycles. The molecule has 118 valence electrons. The van der Waals surface area contributed by atoms with E-state index in [4.69, 9.17) is 9.53 Å². The van der Waals surface area contributed by atoms with Gasteiger partial charge in [0.1, 0.15) is 6.29 Å². The van der Waals surface area contributed by atoms with Crippen LogP contribution in [0.25, 0.3) is 11.1 Å². The number of carbonyl (C=O) groups excluding carboxylic acids is 2. The van der Waals surface area contributed by atoms with E-state index in [1.54, 1.807) is 0 Å². The summed E-state index contributed by atoms with van der Waals surface area (Å²) in [5.74, 6) is -0.0232. The molecule has 0 aliphatic heterocycles. The highest BCUT2D eigenvalue weighted by atomic mass is 16.5. The lowest BCUT2D eigenvalue weighted by molar-refractivity contribution is -0.147. The Labute approximate surface area is 127 Å². The molecule has 1 unspecified atom stereocenters. The maximum atomic E-state index is 10.8. The summed E-state index contributed by atoms with van der Waals surface area (Å²) in [5.41, 5.74) is 10.6. The molecule has 0 aromatic rings. The molecule has 0 saturated heterocycles. The molecular weight excluding hydrogens is 266 g/mol. The Balaban J connectivity index is 0.000000307. The zero-order chi connectivity index (χ0) is 16.4. The SMILES string of the molecule is CCOC(=O)C(C)CC.Cc1cc2cc(C)c1-2.NCC=O. The van der Waals surface area contributed by atoms with Crippen molar-refractivity contribution in [1.82, 2.24) is 0 Å². The number of carbonyl (C=O) groups is 2. The van der Waals surface area contributed by atoms with E-state index in [0.717, 1.165) is 6.42 Å². The van der Waals surface area contributed by atoms with Crippen molar-refractivity contribution in [3.63, 3.8) is 0 Å². The van der Waals surface area contributed by atoms with Crippen molar-refractivity contribution in [2.45, 2.75) is 41.0 Å². The largest absolute Gasteiger partial charge is 0.466 e. The van der Waals surface area contributed by atoms with Gasteiger partial charge in [0.2, 0.25) is 0 Å². The molecule has 2 N–H and O–H groups in total. The topological polar surface area (TPSA) is 69.4 Å². The highest BCUT2D eigenvalue weighted by Gasteiger charge is 2.16. The Morgan fingerprint density at radius 1 is 1.29 bits per heavy atom. The molecular formula is C17H27NO3. The summed E-state index contributed by atoms with van der Waals surface area (Å²) in [5, 5.41) is 0. The van der Waals surface area contributed by atoms with E-state index in [1.165, 1.54) is 22.3 Å². The van der Waals surface area contributed by atoms with E-state index < -0.39 is 0 Å². The average molecular weight is 293 g/mol. The molecule has 0 amide bonds. The standard InChI is InChI=1S/C8H8.C7H14O2.C2H5NO/c1-5-3-7-4-6(2)8(5)7;1-4-6(3)7(8)9-5-2;3-1-2-4/h3-4H,1-2H3;6H,4-5H2,1-3H3;2H,1,3H2. The van der Waals surface area contributed by atoms with Gasteiger partial charge in [0.15, 0.2) is 0 Å². The van der Waals surface area contributed by atoms with Crippen LogP contribution < -0.4 is 5.73 Å². The van der Waals surface area contributed by atoms with Crippen LogP contribution in [0.3, 0.4) is 0 Å². The molecule has 21 heavy (non-hydrogen) atoms. The second-order valence-corrected chi connectivity index (χ2v) is 4.95. The first-order chi connectivity index (χ1) is 9.92. The predicted molar refractivity (Wildman–Crippen MR) is 86.1 cm³/mol. The molecule has 0 fully saturated rings. The predicted octanol–water partition coefficient (Wildman–Crippen LogP) is 3.02. The highest BCUT2D eigenvalue weighted by Crippen LogP contribution is 2.39. The van der Waals surface area contributed by atoms with Crippen LogP contribution in [0, 0.1) is 19.8 Å². The zero-order valence-electron chi connectivity index (χ0n) is 13.7. The van der Waals surface area contributed by atoms with Crippen molar-refractivity contribution >= 4 is 12.3 Å². The van der Waals surface area contributed by atoms with Gasteiger partial charge in [-0.05, 0) is 49.4 Å². The van der Waals surface area contributed by atoms with Gasteiger partial charge in [-0.3, -0.25) is 4.79 Å². The molecule has 4 heteroatoms. The summed E-state index contributed by atoms with van der Waals surface area (Å²) in [4.78, 5) is 19.8. The van der Waals surface area contributed by atoms with Gasteiger partial charge in [-0.25, -0.2) is 0 Å². The van der Waals surface area contributed by atoms with Crippen LogP contribution in [-0.4, -0.2) is 25.4 Å². The number of nitrogens with two attached hydrogens (primary N) is 1. The Morgan fingerprint density at radius 2 is 1.76 bits per heavy atom. The van der Waals surface area contributed by atoms with Crippen molar-refractivity contribution in [3.05, 3.63) is 23.3 Å². The molecule has 0 radical (unpaired) electrons. The maximum Gasteiger partial charge on any atom is 0.308 e. The van der Waals surface area contributed by atoms with Crippen molar-refractivity contribution in [1.29, 1.82) is 0 Å². The van der Waals surface area contributed by atoms with Crippen molar-refractivity contribution in [2.24, 2.45) is 11.7 Å². The Bertz CT molecular complexity index is 446. The van der Waals surface area contributed by atoms with Gasteiger partial charge in [0, 0.05) is 6.54 Å². The molecule has 2 rings (SSSR count). The first-order valence-electron chi connectivity index (χ1n) is 7.34. The molecule has 0 heterocycles. The van der Waals surface area contributed by atoms with Crippen LogP contribution in [-0.2, 0) is 14.3 Å². The summed E-state index contributed by atoms with van der Waals surface area (Å²) in [7, 11) is 0. The van der Waals surface area contributed by atoms with Gasteiger partial charge in [0.05, 0.1) is 12.5 Å². The van der Waals surface area contributed by atoms with Gasteiger partial charge >= 0.3 is 5.97 Å². The second kappa shape index (κ2) is 10.1. The lowest BCUT2D eigenvalue weighted by Gasteiger charge is -2.22. The summed E-state index contributed by atoms with van der Waals surface area (Å²) in [6.07, 6.45) is 1.51. The van der Waals surface area contributed by atoms with E-state index >= 15 is 0 Å². The number of aldehydes is 1. The van der Waals surface area contributed by atoms with Crippen molar-refractivity contribution in [2.75, 3.05) is 13.2 Å². The van der Waals surface area contributed by atoms with Crippen LogP contribution >= 0.6 is 0 Å². The third-order valence-corrected chi connectivity index (χ3v) is 3.22. The molecule has 1 atom stereocenters. The highest BCUT2D eigenvalue weighted by molar-refractivity contribution is 5.84. The van der Waals surface area contributed by atoms with Crippen LogP contribution in [0.2, 0.25) is 0 Å². The van der Waals surface area contributed by atoms with Gasteiger partial charge in [-0.1, -0.05) is 26.0 Å².